The maximum absolute atomic E-state index is 5.31. The van der Waals surface area contributed by atoms with Crippen molar-refractivity contribution in [3.8, 4) is 5.75 Å². The van der Waals surface area contributed by atoms with Crippen molar-refractivity contribution in [2.45, 2.75) is 13.0 Å². The van der Waals surface area contributed by atoms with Crippen LogP contribution in [0.2, 0.25) is 0 Å². The average Bonchev–Trinajstić information content (AvgIpc) is 2.81. The predicted octanol–water partition coefficient (Wildman–Crippen LogP) is 1.16. The Morgan fingerprint density at radius 2 is 2.17 bits per heavy atom. The van der Waals surface area contributed by atoms with E-state index in [2.05, 4.69) is 21.7 Å². The molecule has 0 radical (unpaired) electrons. The van der Waals surface area contributed by atoms with Gasteiger partial charge in [0, 0.05) is 19.8 Å². The minimum Gasteiger partial charge on any atom is -0.496 e. The number of ether oxygens (including phenoxy) is 1. The second-order valence-corrected chi connectivity index (χ2v) is 4.12. The number of hydrogen-bond donors (Lipinski definition) is 1. The molecule has 0 aliphatic heterocycles. The van der Waals surface area contributed by atoms with Crippen LogP contribution >= 0.6 is 0 Å². The average molecular weight is 246 g/mol. The molecule has 5 heteroatoms. The number of nitrogens with one attached hydrogen (secondary N) is 1. The second kappa shape index (κ2) is 6.16. The van der Waals surface area contributed by atoms with Gasteiger partial charge in [0.05, 0.1) is 12.8 Å². The fourth-order valence-electron chi connectivity index (χ4n) is 1.83. The van der Waals surface area contributed by atoms with Crippen LogP contribution in [0.4, 0.5) is 0 Å². The van der Waals surface area contributed by atoms with Crippen molar-refractivity contribution in [2.75, 3.05) is 13.7 Å². The molecule has 1 N–H and O–H groups in total. The Morgan fingerprint density at radius 3 is 2.89 bits per heavy atom. The molecule has 1 aromatic carbocycles. The molecule has 0 amide bonds. The van der Waals surface area contributed by atoms with Gasteiger partial charge in [0.1, 0.15) is 5.75 Å². The summed E-state index contributed by atoms with van der Waals surface area (Å²) in [6, 6.07) is 8.08. The van der Waals surface area contributed by atoms with Crippen molar-refractivity contribution in [1.29, 1.82) is 0 Å². The van der Waals surface area contributed by atoms with Gasteiger partial charge in [0.25, 0.3) is 0 Å². The molecule has 18 heavy (non-hydrogen) atoms. The maximum atomic E-state index is 5.31. The molecule has 1 heterocycles. The third-order valence-corrected chi connectivity index (χ3v) is 2.72. The minimum absolute atomic E-state index is 0.739. The number of methoxy groups -OCH3 is 1. The van der Waals surface area contributed by atoms with Gasteiger partial charge in [-0.3, -0.25) is 4.68 Å². The molecule has 0 unspecified atom stereocenters. The number of benzene rings is 1. The first-order valence-electron chi connectivity index (χ1n) is 5.97. The van der Waals surface area contributed by atoms with Crippen LogP contribution in [0.5, 0.6) is 5.75 Å². The molecule has 0 aliphatic carbocycles. The van der Waals surface area contributed by atoms with Crippen molar-refractivity contribution >= 4 is 0 Å². The highest BCUT2D eigenvalue weighted by Crippen LogP contribution is 2.17. The van der Waals surface area contributed by atoms with Gasteiger partial charge in [0.2, 0.25) is 0 Å². The molecule has 0 bridgehead atoms. The van der Waals surface area contributed by atoms with E-state index in [9.17, 15) is 0 Å². The van der Waals surface area contributed by atoms with Crippen molar-refractivity contribution in [3.05, 3.63) is 41.7 Å². The number of aromatic nitrogens is 3. The van der Waals surface area contributed by atoms with E-state index in [1.54, 1.807) is 11.8 Å². The Bertz CT molecular complexity index is 495. The Hall–Kier alpha value is -1.88. The molecular formula is C13H18N4O. The zero-order valence-electron chi connectivity index (χ0n) is 10.8. The lowest BCUT2D eigenvalue weighted by atomic mass is 10.1. The number of para-hydroxylation sites is 1. The standard InChI is InChI=1S/C13H18N4O/c1-17-10-12(15-16-17)9-14-8-7-11-5-3-4-6-13(11)18-2/h3-6,10,14H,7-9H2,1-2H3. The summed E-state index contributed by atoms with van der Waals surface area (Å²) in [5.74, 6) is 0.943. The van der Waals surface area contributed by atoms with Gasteiger partial charge in [-0.1, -0.05) is 23.4 Å². The van der Waals surface area contributed by atoms with E-state index in [1.165, 1.54) is 5.56 Å². The maximum Gasteiger partial charge on any atom is 0.122 e. The van der Waals surface area contributed by atoms with Gasteiger partial charge < -0.3 is 10.1 Å². The monoisotopic (exact) mass is 246 g/mol. The molecule has 5 nitrogen and oxygen atoms in total. The van der Waals surface area contributed by atoms with E-state index in [4.69, 9.17) is 4.74 Å². The minimum atomic E-state index is 0.739. The summed E-state index contributed by atoms with van der Waals surface area (Å²) in [7, 11) is 3.57. The van der Waals surface area contributed by atoms with Crippen LogP contribution in [-0.2, 0) is 20.0 Å². The topological polar surface area (TPSA) is 52.0 Å². The Morgan fingerprint density at radius 1 is 1.33 bits per heavy atom. The normalized spacial score (nSPS) is 10.6. The molecular weight excluding hydrogens is 228 g/mol. The summed E-state index contributed by atoms with van der Waals surface area (Å²) in [4.78, 5) is 0. The van der Waals surface area contributed by atoms with Crippen LogP contribution in [0.1, 0.15) is 11.3 Å². The van der Waals surface area contributed by atoms with Crippen molar-refractivity contribution < 1.29 is 4.74 Å². The Labute approximate surface area is 107 Å². The van der Waals surface area contributed by atoms with Gasteiger partial charge in [-0.25, -0.2) is 0 Å². The molecule has 0 spiro atoms. The molecule has 0 saturated carbocycles. The van der Waals surface area contributed by atoms with E-state index in [0.717, 1.165) is 31.0 Å². The molecule has 0 fully saturated rings. The number of aryl methyl sites for hydroxylation is 1. The molecule has 2 aromatic rings. The first kappa shape index (κ1) is 12.6. The van der Waals surface area contributed by atoms with E-state index >= 15 is 0 Å². The largest absolute Gasteiger partial charge is 0.496 e. The van der Waals surface area contributed by atoms with E-state index < -0.39 is 0 Å². The van der Waals surface area contributed by atoms with Crippen molar-refractivity contribution in [2.24, 2.45) is 7.05 Å². The molecule has 0 aliphatic rings. The number of hydrogen-bond acceptors (Lipinski definition) is 4. The SMILES string of the molecule is COc1ccccc1CCNCc1cn(C)nn1. The first-order chi connectivity index (χ1) is 8.79. The molecule has 0 saturated heterocycles. The fraction of sp³-hybridized carbons (Fsp3) is 0.385. The number of rotatable bonds is 6. The third-order valence-electron chi connectivity index (χ3n) is 2.72. The van der Waals surface area contributed by atoms with Gasteiger partial charge in [-0.05, 0) is 24.6 Å². The quantitative estimate of drug-likeness (QED) is 0.777. The number of nitrogens with zero attached hydrogens (tertiary/aromatic N) is 3. The summed E-state index contributed by atoms with van der Waals surface area (Å²) in [5, 5.41) is 11.3. The lowest BCUT2D eigenvalue weighted by Crippen LogP contribution is -2.17. The summed E-state index contributed by atoms with van der Waals surface area (Å²) >= 11 is 0. The van der Waals surface area contributed by atoms with Gasteiger partial charge in [0.15, 0.2) is 0 Å². The van der Waals surface area contributed by atoms with Gasteiger partial charge in [-0.2, -0.15) is 0 Å². The summed E-state index contributed by atoms with van der Waals surface area (Å²) in [5.41, 5.74) is 2.17. The predicted molar refractivity (Wildman–Crippen MR) is 69.4 cm³/mol. The van der Waals surface area contributed by atoms with Crippen molar-refractivity contribution in [3.63, 3.8) is 0 Å². The highest BCUT2D eigenvalue weighted by atomic mass is 16.5. The first-order valence-corrected chi connectivity index (χ1v) is 5.97. The molecule has 2 rings (SSSR count). The van der Waals surface area contributed by atoms with E-state index in [-0.39, 0.29) is 0 Å². The second-order valence-electron chi connectivity index (χ2n) is 4.12. The van der Waals surface area contributed by atoms with Crippen LogP contribution in [0.25, 0.3) is 0 Å². The Kier molecular flexibility index (Phi) is 4.30. The summed E-state index contributed by atoms with van der Waals surface area (Å²) in [6.07, 6.45) is 2.85. The molecule has 96 valence electrons. The smallest absolute Gasteiger partial charge is 0.122 e. The van der Waals surface area contributed by atoms with Crippen LogP contribution in [0.3, 0.4) is 0 Å². The van der Waals surface area contributed by atoms with E-state index in [0.29, 0.717) is 0 Å². The van der Waals surface area contributed by atoms with Gasteiger partial charge >= 0.3 is 0 Å². The highest BCUT2D eigenvalue weighted by Gasteiger charge is 2.01. The molecule has 1 aromatic heterocycles. The van der Waals surface area contributed by atoms with E-state index in [1.807, 2.05) is 31.4 Å². The lowest BCUT2D eigenvalue weighted by Gasteiger charge is -2.08. The Balaban J connectivity index is 1.78. The highest BCUT2D eigenvalue weighted by molar-refractivity contribution is 5.33. The van der Waals surface area contributed by atoms with Crippen LogP contribution in [-0.4, -0.2) is 28.6 Å². The lowest BCUT2D eigenvalue weighted by molar-refractivity contribution is 0.409. The van der Waals surface area contributed by atoms with Crippen molar-refractivity contribution in [1.82, 2.24) is 20.3 Å². The van der Waals surface area contributed by atoms with Crippen LogP contribution in [0, 0.1) is 0 Å². The van der Waals surface area contributed by atoms with Crippen LogP contribution in [0.15, 0.2) is 30.5 Å². The fourth-order valence-corrected chi connectivity index (χ4v) is 1.83. The summed E-state index contributed by atoms with van der Waals surface area (Å²) < 4.78 is 7.02. The zero-order valence-corrected chi connectivity index (χ0v) is 10.8. The molecule has 0 atom stereocenters. The summed E-state index contributed by atoms with van der Waals surface area (Å²) in [6.45, 7) is 1.62. The zero-order chi connectivity index (χ0) is 12.8. The van der Waals surface area contributed by atoms with Gasteiger partial charge in [-0.15, -0.1) is 5.10 Å². The van der Waals surface area contributed by atoms with Crippen LogP contribution < -0.4 is 10.1 Å². The third kappa shape index (κ3) is 3.30.